The molecule has 0 bridgehead atoms. The third kappa shape index (κ3) is 7.66. The van der Waals surface area contributed by atoms with Gasteiger partial charge in [0, 0.05) is 12.5 Å². The molecule has 0 aromatic heterocycles. The minimum Gasteiger partial charge on any atom is -0.461 e. The number of rotatable bonds is 12. The maximum atomic E-state index is 13.8. The first kappa shape index (κ1) is 30.4. The Labute approximate surface area is 193 Å². The van der Waals surface area contributed by atoms with Crippen LogP contribution in [0.1, 0.15) is 58.3 Å². The molecule has 1 fully saturated rings. The number of alkyl halides is 7. The fraction of sp³-hybridized carbons (Fsp3) is 0.889. The van der Waals surface area contributed by atoms with E-state index in [4.69, 9.17) is 4.55 Å². The number of esters is 1. The van der Waals surface area contributed by atoms with Gasteiger partial charge in [0.2, 0.25) is 11.1 Å². The van der Waals surface area contributed by atoms with E-state index in [1.165, 1.54) is 6.92 Å². The third-order valence-corrected chi connectivity index (χ3v) is 5.65. The summed E-state index contributed by atoms with van der Waals surface area (Å²) in [5.41, 5.74) is 0. The number of halogens is 7. The van der Waals surface area contributed by atoms with Crippen molar-refractivity contribution in [2.24, 2.45) is 0 Å². The molecule has 16 heteroatoms. The number of hydrogen-bond donors (Lipinski definition) is 2. The van der Waals surface area contributed by atoms with Crippen molar-refractivity contribution in [1.82, 2.24) is 5.32 Å². The van der Waals surface area contributed by atoms with E-state index in [9.17, 15) is 44.5 Å². The van der Waals surface area contributed by atoms with E-state index in [0.29, 0.717) is 12.8 Å². The van der Waals surface area contributed by atoms with Crippen molar-refractivity contribution in [2.45, 2.75) is 87.5 Å². The summed E-state index contributed by atoms with van der Waals surface area (Å²) in [7, 11) is 0. The van der Waals surface area contributed by atoms with Gasteiger partial charge in [-0.2, -0.15) is 30.7 Å². The van der Waals surface area contributed by atoms with Gasteiger partial charge in [0.15, 0.2) is 0 Å². The van der Waals surface area contributed by atoms with Gasteiger partial charge >= 0.3 is 35.2 Å². The average Bonchev–Trinajstić information content (AvgIpc) is 2.72. The Bertz CT molecular complexity index is 717. The molecule has 1 saturated carbocycles. The topological polar surface area (TPSA) is 111 Å². The SMILES string of the molecule is CCOC(=O)C(OCCCCC(F)(F)C(F)(F)S(=O)O)(OC(=O)NC1CCCCC1)C(F)(F)F. The monoisotopic (exact) mass is 533 g/mol. The largest absolute Gasteiger partial charge is 0.468 e. The molecular formula is C18H26F7NO7S. The van der Waals surface area contributed by atoms with Crippen LogP contribution >= 0.6 is 0 Å². The molecule has 1 aliphatic rings. The standard InChI is InChI=1S/C18H26F7NO7S/c1-2-31-13(27)16(17(21,22)23,33-14(28)26-12-8-4-3-5-9-12)32-11-7-6-10-15(19,20)18(24,25)34(29)30/h12H,2-11H2,1H3,(H,26,28)(H,29,30). The molecule has 200 valence electrons. The number of nitrogens with one attached hydrogen (secondary N) is 1. The highest BCUT2D eigenvalue weighted by Gasteiger charge is 2.68. The van der Waals surface area contributed by atoms with Crippen LogP contribution in [0.25, 0.3) is 0 Å². The van der Waals surface area contributed by atoms with Gasteiger partial charge in [-0.05, 0) is 32.6 Å². The Morgan fingerprint density at radius 3 is 2.12 bits per heavy atom. The molecule has 0 radical (unpaired) electrons. The summed E-state index contributed by atoms with van der Waals surface area (Å²) in [6.45, 7) is -0.499. The van der Waals surface area contributed by atoms with Crippen molar-refractivity contribution in [3.8, 4) is 0 Å². The average molecular weight is 533 g/mol. The molecule has 1 aliphatic carbocycles. The second kappa shape index (κ2) is 12.3. The summed E-state index contributed by atoms with van der Waals surface area (Å²) in [5.74, 6) is -11.3. The molecule has 0 aliphatic heterocycles. The molecule has 0 saturated heterocycles. The first-order chi connectivity index (χ1) is 15.6. The minimum absolute atomic E-state index is 0.478. The van der Waals surface area contributed by atoms with E-state index >= 15 is 0 Å². The van der Waals surface area contributed by atoms with Crippen molar-refractivity contribution < 1.29 is 63.3 Å². The number of amides is 1. The lowest BCUT2D eigenvalue weighted by Crippen LogP contribution is -2.59. The fourth-order valence-electron chi connectivity index (χ4n) is 3.12. The van der Waals surface area contributed by atoms with Gasteiger partial charge < -0.3 is 24.1 Å². The van der Waals surface area contributed by atoms with Crippen molar-refractivity contribution in [3.63, 3.8) is 0 Å². The summed E-state index contributed by atoms with van der Waals surface area (Å²) in [6, 6.07) is -0.490. The molecule has 0 aromatic rings. The highest BCUT2D eigenvalue weighted by atomic mass is 32.2. The molecular weight excluding hydrogens is 507 g/mol. The molecule has 34 heavy (non-hydrogen) atoms. The van der Waals surface area contributed by atoms with Crippen LogP contribution in [0.3, 0.4) is 0 Å². The predicted molar refractivity (Wildman–Crippen MR) is 102 cm³/mol. The van der Waals surface area contributed by atoms with Crippen LogP contribution in [0, 0.1) is 0 Å². The van der Waals surface area contributed by atoms with E-state index in [-0.39, 0.29) is 0 Å². The second-order valence-corrected chi connectivity index (χ2v) is 8.49. The molecule has 0 aromatic carbocycles. The van der Waals surface area contributed by atoms with Gasteiger partial charge in [0.1, 0.15) is 0 Å². The molecule has 2 unspecified atom stereocenters. The van der Waals surface area contributed by atoms with Gasteiger partial charge in [0.25, 0.3) is 0 Å². The highest BCUT2D eigenvalue weighted by Crippen LogP contribution is 2.41. The summed E-state index contributed by atoms with van der Waals surface area (Å²) in [5, 5.41) is -3.07. The van der Waals surface area contributed by atoms with Crippen molar-refractivity contribution >= 4 is 23.1 Å². The molecule has 0 spiro atoms. The van der Waals surface area contributed by atoms with Gasteiger partial charge in [-0.3, -0.25) is 0 Å². The normalized spacial score (nSPS) is 18.6. The number of unbranched alkanes of at least 4 members (excludes halogenated alkanes) is 1. The van der Waals surface area contributed by atoms with Crippen molar-refractivity contribution in [3.05, 3.63) is 0 Å². The van der Waals surface area contributed by atoms with Crippen molar-refractivity contribution in [1.29, 1.82) is 0 Å². The zero-order valence-corrected chi connectivity index (χ0v) is 18.9. The Morgan fingerprint density at radius 1 is 1.03 bits per heavy atom. The molecule has 0 heterocycles. The van der Waals surface area contributed by atoms with Crippen LogP contribution in [-0.4, -0.2) is 63.2 Å². The number of ether oxygens (including phenoxy) is 3. The van der Waals surface area contributed by atoms with Crippen LogP contribution < -0.4 is 5.32 Å². The van der Waals surface area contributed by atoms with Crippen LogP contribution in [0.15, 0.2) is 0 Å². The van der Waals surface area contributed by atoms with Gasteiger partial charge in [-0.15, -0.1) is 0 Å². The molecule has 1 amide bonds. The summed E-state index contributed by atoms with van der Waals surface area (Å²) in [6.07, 6.45) is -7.27. The molecule has 1 rings (SSSR count). The van der Waals surface area contributed by atoms with E-state index in [1.54, 1.807) is 0 Å². The summed E-state index contributed by atoms with van der Waals surface area (Å²) >= 11 is -4.19. The Morgan fingerprint density at radius 2 is 1.62 bits per heavy atom. The van der Waals surface area contributed by atoms with E-state index in [2.05, 4.69) is 19.5 Å². The minimum atomic E-state index is -5.64. The first-order valence-corrected chi connectivity index (χ1v) is 11.5. The van der Waals surface area contributed by atoms with E-state index < -0.39 is 84.8 Å². The third-order valence-electron chi connectivity index (χ3n) is 4.92. The first-order valence-electron chi connectivity index (χ1n) is 10.3. The second-order valence-electron chi connectivity index (χ2n) is 7.48. The smallest absolute Gasteiger partial charge is 0.461 e. The Hall–Kier alpha value is -1.68. The van der Waals surface area contributed by atoms with Crippen LogP contribution in [0.5, 0.6) is 0 Å². The van der Waals surface area contributed by atoms with Gasteiger partial charge in [-0.1, -0.05) is 19.3 Å². The lowest BCUT2D eigenvalue weighted by Gasteiger charge is -2.33. The lowest BCUT2D eigenvalue weighted by atomic mass is 9.96. The maximum absolute atomic E-state index is 13.8. The number of alkyl carbamates (subject to hydrolysis) is 1. The van der Waals surface area contributed by atoms with Crippen molar-refractivity contribution in [2.75, 3.05) is 13.2 Å². The quantitative estimate of drug-likeness (QED) is 0.125. The molecule has 2 N–H and O–H groups in total. The number of carbonyl (C=O) groups excluding carboxylic acids is 2. The predicted octanol–water partition coefficient (Wildman–Crippen LogP) is 4.50. The Kier molecular flexibility index (Phi) is 11.0. The van der Waals surface area contributed by atoms with Gasteiger partial charge in [-0.25, -0.2) is 13.8 Å². The molecule has 2 atom stereocenters. The van der Waals surface area contributed by atoms with E-state index in [0.717, 1.165) is 19.3 Å². The van der Waals surface area contributed by atoms with Crippen LogP contribution in [0.4, 0.5) is 35.5 Å². The zero-order valence-electron chi connectivity index (χ0n) is 18.1. The number of carbonyl (C=O) groups is 2. The number of hydrogen-bond acceptors (Lipinski definition) is 6. The lowest BCUT2D eigenvalue weighted by molar-refractivity contribution is -0.350. The highest BCUT2D eigenvalue weighted by molar-refractivity contribution is 7.80. The fourth-order valence-corrected chi connectivity index (χ4v) is 3.48. The zero-order chi connectivity index (χ0) is 26.2. The van der Waals surface area contributed by atoms with Crippen LogP contribution in [0.2, 0.25) is 0 Å². The maximum Gasteiger partial charge on any atom is 0.468 e. The Balaban J connectivity index is 2.89. The summed E-state index contributed by atoms with van der Waals surface area (Å²) in [4.78, 5) is 24.2. The van der Waals surface area contributed by atoms with E-state index in [1.807, 2.05) is 0 Å². The molecule has 8 nitrogen and oxygen atoms in total. The van der Waals surface area contributed by atoms with Gasteiger partial charge in [0.05, 0.1) is 13.2 Å². The van der Waals surface area contributed by atoms with Crippen LogP contribution in [-0.2, 0) is 30.1 Å². The summed E-state index contributed by atoms with van der Waals surface area (Å²) < 4.78 is 126.